The maximum atomic E-state index is 5.53. The van der Waals surface area contributed by atoms with Gasteiger partial charge >= 0.3 is 0 Å². The van der Waals surface area contributed by atoms with Crippen molar-refractivity contribution in [3.8, 4) is 0 Å². The SMILES string of the molecule is NC1CCNN1I. The minimum atomic E-state index is 0.223. The Morgan fingerprint density at radius 1 is 1.86 bits per heavy atom. The molecule has 0 amide bonds. The van der Waals surface area contributed by atoms with Crippen molar-refractivity contribution < 1.29 is 0 Å². The molecule has 0 aromatic carbocycles. The van der Waals surface area contributed by atoms with Gasteiger partial charge in [-0.25, -0.2) is 5.43 Å². The average Bonchev–Trinajstić information content (AvgIpc) is 1.91. The smallest absolute Gasteiger partial charge is 0.0827 e. The van der Waals surface area contributed by atoms with E-state index < -0.39 is 0 Å². The molecule has 1 aliphatic heterocycles. The average molecular weight is 213 g/mol. The van der Waals surface area contributed by atoms with Gasteiger partial charge in [0.25, 0.3) is 0 Å². The van der Waals surface area contributed by atoms with E-state index >= 15 is 0 Å². The van der Waals surface area contributed by atoms with Gasteiger partial charge in [-0.1, -0.05) is 0 Å². The topological polar surface area (TPSA) is 41.3 Å². The monoisotopic (exact) mass is 213 g/mol. The van der Waals surface area contributed by atoms with Gasteiger partial charge in [0.05, 0.1) is 6.17 Å². The van der Waals surface area contributed by atoms with E-state index in [4.69, 9.17) is 5.73 Å². The normalized spacial score (nSPS) is 34.3. The number of nitrogens with zero attached hydrogens (tertiary/aromatic N) is 1. The molecule has 7 heavy (non-hydrogen) atoms. The van der Waals surface area contributed by atoms with Crippen LogP contribution in [0.4, 0.5) is 0 Å². The van der Waals surface area contributed by atoms with Crippen LogP contribution in [0.3, 0.4) is 0 Å². The lowest BCUT2D eigenvalue weighted by Crippen LogP contribution is -2.33. The van der Waals surface area contributed by atoms with Gasteiger partial charge < -0.3 is 5.73 Å². The molecule has 4 heteroatoms. The molecule has 1 atom stereocenters. The highest BCUT2D eigenvalue weighted by Gasteiger charge is 2.16. The van der Waals surface area contributed by atoms with Crippen LogP contribution in [-0.2, 0) is 0 Å². The highest BCUT2D eigenvalue weighted by Crippen LogP contribution is 2.06. The predicted octanol–water partition coefficient (Wildman–Crippen LogP) is -0.169. The van der Waals surface area contributed by atoms with Crippen molar-refractivity contribution in [2.75, 3.05) is 6.54 Å². The van der Waals surface area contributed by atoms with Gasteiger partial charge in [0.2, 0.25) is 0 Å². The highest BCUT2D eigenvalue weighted by molar-refractivity contribution is 14.1. The second-order valence-electron chi connectivity index (χ2n) is 1.58. The Morgan fingerprint density at radius 2 is 2.57 bits per heavy atom. The third-order valence-corrected chi connectivity index (χ3v) is 2.05. The van der Waals surface area contributed by atoms with Gasteiger partial charge in [0.15, 0.2) is 0 Å². The van der Waals surface area contributed by atoms with Gasteiger partial charge in [0.1, 0.15) is 0 Å². The Bertz CT molecular complexity index is 59.2. The lowest BCUT2D eigenvalue weighted by atomic mass is 10.4. The zero-order valence-corrected chi connectivity index (χ0v) is 6.05. The van der Waals surface area contributed by atoms with Crippen molar-refractivity contribution in [1.29, 1.82) is 0 Å². The number of halogens is 1. The first-order valence-corrected chi connectivity index (χ1v) is 3.21. The van der Waals surface area contributed by atoms with Crippen LogP contribution in [0.5, 0.6) is 0 Å². The zero-order chi connectivity index (χ0) is 5.28. The maximum absolute atomic E-state index is 5.53. The summed E-state index contributed by atoms with van der Waals surface area (Å²) >= 11 is 2.16. The fraction of sp³-hybridized carbons (Fsp3) is 1.00. The van der Waals surface area contributed by atoms with Crippen LogP contribution >= 0.6 is 22.9 Å². The number of hydrazine groups is 1. The zero-order valence-electron chi connectivity index (χ0n) is 3.89. The quantitative estimate of drug-likeness (QED) is 0.433. The molecule has 0 aromatic heterocycles. The van der Waals surface area contributed by atoms with Crippen molar-refractivity contribution in [3.63, 3.8) is 0 Å². The fourth-order valence-electron chi connectivity index (χ4n) is 0.550. The molecule has 0 saturated carbocycles. The summed E-state index contributed by atoms with van der Waals surface area (Å²) < 4.78 is 1.90. The van der Waals surface area contributed by atoms with Crippen molar-refractivity contribution in [3.05, 3.63) is 0 Å². The van der Waals surface area contributed by atoms with Gasteiger partial charge in [0, 0.05) is 29.4 Å². The lowest BCUT2D eigenvalue weighted by Gasteiger charge is -2.09. The van der Waals surface area contributed by atoms with Crippen LogP contribution in [-0.4, -0.2) is 15.9 Å². The molecule has 1 saturated heterocycles. The number of hydrogen-bond donors (Lipinski definition) is 2. The molecule has 0 bridgehead atoms. The van der Waals surface area contributed by atoms with Crippen molar-refractivity contribution in [2.45, 2.75) is 12.6 Å². The molecule has 0 radical (unpaired) electrons. The minimum Gasteiger partial charge on any atom is -0.314 e. The molecule has 1 heterocycles. The van der Waals surface area contributed by atoms with Crippen LogP contribution in [0.25, 0.3) is 0 Å². The molecule has 1 rings (SSSR count). The summed E-state index contributed by atoms with van der Waals surface area (Å²) in [6.45, 7) is 1.02. The summed E-state index contributed by atoms with van der Waals surface area (Å²) in [5.41, 5.74) is 8.60. The van der Waals surface area contributed by atoms with Crippen LogP contribution in [0.15, 0.2) is 0 Å². The van der Waals surface area contributed by atoms with Crippen LogP contribution in [0.1, 0.15) is 6.42 Å². The van der Waals surface area contributed by atoms with Crippen molar-refractivity contribution in [2.24, 2.45) is 5.73 Å². The third kappa shape index (κ3) is 1.25. The summed E-state index contributed by atoms with van der Waals surface area (Å²) in [4.78, 5) is 0. The summed E-state index contributed by atoms with van der Waals surface area (Å²) in [5.74, 6) is 0. The molecule has 3 nitrogen and oxygen atoms in total. The number of hydrogen-bond acceptors (Lipinski definition) is 3. The molecule has 42 valence electrons. The third-order valence-electron chi connectivity index (χ3n) is 0.994. The molecule has 3 N–H and O–H groups in total. The second kappa shape index (κ2) is 2.25. The van der Waals surface area contributed by atoms with Gasteiger partial charge in [-0.2, -0.15) is 3.22 Å². The van der Waals surface area contributed by atoms with E-state index in [9.17, 15) is 0 Å². The molecular weight excluding hydrogens is 205 g/mol. The Balaban J connectivity index is 2.33. The van der Waals surface area contributed by atoms with E-state index in [-0.39, 0.29) is 6.17 Å². The van der Waals surface area contributed by atoms with Crippen LogP contribution in [0.2, 0.25) is 0 Å². The van der Waals surface area contributed by atoms with Gasteiger partial charge in [-0.15, -0.1) is 0 Å². The summed E-state index contributed by atoms with van der Waals surface area (Å²) in [6.07, 6.45) is 1.28. The first-order chi connectivity index (χ1) is 3.30. The number of rotatable bonds is 0. The van der Waals surface area contributed by atoms with E-state index in [0.29, 0.717) is 0 Å². The standard InChI is InChI=1S/C3H8IN3/c4-7-3(5)1-2-6-7/h3,6H,1-2,5H2. The highest BCUT2D eigenvalue weighted by atomic mass is 127. The second-order valence-corrected chi connectivity index (χ2v) is 2.61. The summed E-state index contributed by atoms with van der Waals surface area (Å²) in [7, 11) is 0. The molecule has 0 spiro atoms. The van der Waals surface area contributed by atoms with Crippen molar-refractivity contribution in [1.82, 2.24) is 8.65 Å². The van der Waals surface area contributed by atoms with Crippen LogP contribution < -0.4 is 11.2 Å². The van der Waals surface area contributed by atoms with E-state index in [1.54, 1.807) is 0 Å². The molecule has 0 aliphatic carbocycles. The van der Waals surface area contributed by atoms with E-state index in [0.717, 1.165) is 13.0 Å². The number of nitrogens with two attached hydrogens (primary N) is 1. The Morgan fingerprint density at radius 3 is 2.71 bits per heavy atom. The maximum Gasteiger partial charge on any atom is 0.0827 e. The molecule has 0 aromatic rings. The van der Waals surface area contributed by atoms with Crippen LogP contribution in [0, 0.1) is 0 Å². The number of nitrogens with one attached hydrogen (secondary N) is 1. The van der Waals surface area contributed by atoms with Gasteiger partial charge in [-0.05, 0) is 6.42 Å². The Hall–Kier alpha value is 0.610. The minimum absolute atomic E-state index is 0.223. The first-order valence-electron chi connectivity index (χ1n) is 2.25. The summed E-state index contributed by atoms with van der Waals surface area (Å²) in [5, 5.41) is 0. The summed E-state index contributed by atoms with van der Waals surface area (Å²) in [6, 6.07) is 0. The first kappa shape index (κ1) is 5.74. The molecule has 1 fully saturated rings. The molecule has 1 aliphatic rings. The van der Waals surface area contributed by atoms with E-state index in [2.05, 4.69) is 28.3 Å². The Kier molecular flexibility index (Phi) is 1.85. The van der Waals surface area contributed by atoms with E-state index in [1.807, 2.05) is 3.22 Å². The predicted molar refractivity (Wildman–Crippen MR) is 36.5 cm³/mol. The largest absolute Gasteiger partial charge is 0.314 e. The van der Waals surface area contributed by atoms with Gasteiger partial charge in [-0.3, -0.25) is 0 Å². The van der Waals surface area contributed by atoms with E-state index in [1.165, 1.54) is 0 Å². The lowest BCUT2D eigenvalue weighted by molar-refractivity contribution is 0.404. The van der Waals surface area contributed by atoms with Crippen molar-refractivity contribution >= 4 is 22.9 Å². The molecule has 1 unspecified atom stereocenters. The fourth-order valence-corrected chi connectivity index (χ4v) is 1.07. The molecular formula is C3H8IN3. The Labute approximate surface area is 56.7 Å².